The first-order valence-corrected chi connectivity index (χ1v) is 6.60. The number of thioether (sulfide) groups is 1. The summed E-state index contributed by atoms with van der Waals surface area (Å²) in [6.07, 6.45) is 3.93. The van der Waals surface area contributed by atoms with E-state index in [4.69, 9.17) is 12.2 Å². The van der Waals surface area contributed by atoms with E-state index in [0.717, 1.165) is 17.4 Å². The quantitative estimate of drug-likeness (QED) is 0.563. The van der Waals surface area contributed by atoms with Gasteiger partial charge in [0.05, 0.1) is 0 Å². The third-order valence-corrected chi connectivity index (χ3v) is 4.01. The summed E-state index contributed by atoms with van der Waals surface area (Å²) < 4.78 is 1.03. The topological polar surface area (TPSA) is 3.24 Å². The van der Waals surface area contributed by atoms with Gasteiger partial charge in [0, 0.05) is 18.0 Å². The first kappa shape index (κ1) is 13.8. The molecule has 1 aliphatic heterocycles. The minimum Gasteiger partial charge on any atom is -0.357 e. The van der Waals surface area contributed by atoms with Crippen LogP contribution in [0.4, 0.5) is 0 Å². The first-order valence-electron chi connectivity index (χ1n) is 5.38. The lowest BCUT2D eigenvalue weighted by Crippen LogP contribution is -2.32. The van der Waals surface area contributed by atoms with Crippen molar-refractivity contribution in [1.29, 1.82) is 0 Å². The molecule has 0 radical (unpaired) electrons. The van der Waals surface area contributed by atoms with Crippen LogP contribution >= 0.6 is 36.4 Å². The molecule has 1 heterocycles. The van der Waals surface area contributed by atoms with Crippen LogP contribution in [-0.4, -0.2) is 22.3 Å². The summed E-state index contributed by atoms with van der Waals surface area (Å²) in [5.41, 5.74) is 0. The van der Waals surface area contributed by atoms with Crippen LogP contribution in [0.3, 0.4) is 0 Å². The van der Waals surface area contributed by atoms with Gasteiger partial charge in [-0.25, -0.2) is 0 Å². The fourth-order valence-electron chi connectivity index (χ4n) is 1.73. The molecule has 0 atom stereocenters. The molecule has 16 heavy (non-hydrogen) atoms. The molecule has 2 rings (SSSR count). The van der Waals surface area contributed by atoms with Gasteiger partial charge in [-0.3, -0.25) is 0 Å². The minimum absolute atomic E-state index is 0. The normalized spacial score (nSPS) is 15.4. The van der Waals surface area contributed by atoms with Crippen molar-refractivity contribution in [3.8, 4) is 0 Å². The van der Waals surface area contributed by atoms with Crippen molar-refractivity contribution < 1.29 is 0 Å². The number of hydrogen-bond donors (Lipinski definition) is 0. The lowest BCUT2D eigenvalue weighted by Gasteiger charge is -2.28. The number of rotatable bonds is 1. The molecule has 0 N–H and O–H groups in total. The second kappa shape index (κ2) is 7.15. The SMILES string of the molecule is Cl.S=C(Sc1ccccc1)N1CCCCC1. The van der Waals surface area contributed by atoms with E-state index in [2.05, 4.69) is 29.2 Å². The molecular formula is C12H16ClNS2. The molecule has 0 bridgehead atoms. The Balaban J connectivity index is 0.00000128. The average Bonchev–Trinajstić information content (AvgIpc) is 2.31. The van der Waals surface area contributed by atoms with Gasteiger partial charge in [-0.1, -0.05) is 42.2 Å². The second-order valence-corrected chi connectivity index (χ2v) is 5.44. The molecule has 1 aliphatic rings. The van der Waals surface area contributed by atoms with Crippen LogP contribution in [0.15, 0.2) is 35.2 Å². The maximum absolute atomic E-state index is 5.44. The minimum atomic E-state index is 0. The van der Waals surface area contributed by atoms with Crippen LogP contribution in [0.25, 0.3) is 0 Å². The Bertz CT molecular complexity index is 323. The van der Waals surface area contributed by atoms with Crippen LogP contribution in [0.2, 0.25) is 0 Å². The Labute approximate surface area is 113 Å². The van der Waals surface area contributed by atoms with E-state index in [-0.39, 0.29) is 12.4 Å². The standard InChI is InChI=1S/C12H15NS2.ClH/c14-12(13-9-5-2-6-10-13)15-11-7-3-1-4-8-11;/h1,3-4,7-8H,2,5-6,9-10H2;1H. The Morgan fingerprint density at radius 2 is 1.69 bits per heavy atom. The van der Waals surface area contributed by atoms with E-state index in [1.807, 2.05) is 6.07 Å². The molecule has 0 aromatic heterocycles. The molecule has 4 heteroatoms. The van der Waals surface area contributed by atoms with Crippen LogP contribution in [0.5, 0.6) is 0 Å². The monoisotopic (exact) mass is 273 g/mol. The molecule has 1 aromatic rings. The Kier molecular flexibility index (Phi) is 6.17. The smallest absolute Gasteiger partial charge is 0.141 e. The number of benzene rings is 1. The lowest BCUT2D eigenvalue weighted by molar-refractivity contribution is 0.352. The molecule has 88 valence electrons. The van der Waals surface area contributed by atoms with Crippen LogP contribution in [-0.2, 0) is 0 Å². The van der Waals surface area contributed by atoms with Crippen LogP contribution in [0, 0.1) is 0 Å². The van der Waals surface area contributed by atoms with Gasteiger partial charge >= 0.3 is 0 Å². The largest absolute Gasteiger partial charge is 0.357 e. The summed E-state index contributed by atoms with van der Waals surface area (Å²) in [6.45, 7) is 2.28. The highest BCUT2D eigenvalue weighted by atomic mass is 35.5. The third kappa shape index (κ3) is 3.96. The maximum Gasteiger partial charge on any atom is 0.141 e. The fourth-order valence-corrected chi connectivity index (χ4v) is 3.01. The van der Waals surface area contributed by atoms with Gasteiger partial charge < -0.3 is 4.90 Å². The van der Waals surface area contributed by atoms with Gasteiger partial charge in [0.15, 0.2) is 0 Å². The van der Waals surface area contributed by atoms with E-state index in [1.165, 1.54) is 24.2 Å². The fraction of sp³-hybridized carbons (Fsp3) is 0.417. The van der Waals surface area contributed by atoms with Gasteiger partial charge in [-0.15, -0.1) is 12.4 Å². The Hall–Kier alpha value is -0.250. The number of likely N-dealkylation sites (tertiary alicyclic amines) is 1. The molecular weight excluding hydrogens is 258 g/mol. The molecule has 1 saturated heterocycles. The number of thiocarbonyl (C=S) groups is 1. The summed E-state index contributed by atoms with van der Waals surface area (Å²) in [5, 5.41) is 0. The lowest BCUT2D eigenvalue weighted by atomic mass is 10.1. The van der Waals surface area contributed by atoms with Crippen LogP contribution < -0.4 is 0 Å². The molecule has 0 spiro atoms. The van der Waals surface area contributed by atoms with Crippen molar-refractivity contribution in [2.45, 2.75) is 24.2 Å². The summed E-state index contributed by atoms with van der Waals surface area (Å²) in [4.78, 5) is 3.57. The van der Waals surface area contributed by atoms with E-state index < -0.39 is 0 Å². The Morgan fingerprint density at radius 3 is 2.31 bits per heavy atom. The van der Waals surface area contributed by atoms with E-state index in [1.54, 1.807) is 11.8 Å². The van der Waals surface area contributed by atoms with E-state index in [0.29, 0.717) is 0 Å². The summed E-state index contributed by atoms with van der Waals surface area (Å²) in [6, 6.07) is 10.4. The van der Waals surface area contributed by atoms with Gasteiger partial charge in [0.2, 0.25) is 0 Å². The number of hydrogen-bond acceptors (Lipinski definition) is 2. The Morgan fingerprint density at radius 1 is 1.06 bits per heavy atom. The summed E-state index contributed by atoms with van der Waals surface area (Å²) in [7, 11) is 0. The zero-order valence-corrected chi connectivity index (χ0v) is 11.5. The third-order valence-electron chi connectivity index (χ3n) is 2.56. The molecule has 1 nitrogen and oxygen atoms in total. The van der Waals surface area contributed by atoms with Crippen molar-refractivity contribution >= 4 is 40.7 Å². The number of piperidine rings is 1. The average molecular weight is 274 g/mol. The predicted molar refractivity (Wildman–Crippen MR) is 77.6 cm³/mol. The molecule has 0 aliphatic carbocycles. The first-order chi connectivity index (χ1) is 7.36. The number of nitrogens with zero attached hydrogens (tertiary/aromatic N) is 1. The van der Waals surface area contributed by atoms with Crippen molar-refractivity contribution in [3.05, 3.63) is 30.3 Å². The molecule has 0 saturated carbocycles. The molecule has 0 amide bonds. The van der Waals surface area contributed by atoms with Crippen molar-refractivity contribution in [2.75, 3.05) is 13.1 Å². The summed E-state index contributed by atoms with van der Waals surface area (Å²) >= 11 is 7.15. The second-order valence-electron chi connectivity index (χ2n) is 3.73. The van der Waals surface area contributed by atoms with Gasteiger partial charge in [-0.2, -0.15) is 0 Å². The zero-order valence-electron chi connectivity index (χ0n) is 9.09. The van der Waals surface area contributed by atoms with E-state index >= 15 is 0 Å². The number of halogens is 1. The van der Waals surface area contributed by atoms with Crippen LogP contribution in [0.1, 0.15) is 19.3 Å². The predicted octanol–water partition coefficient (Wildman–Crippen LogP) is 3.97. The zero-order chi connectivity index (χ0) is 10.5. The maximum atomic E-state index is 5.44. The highest BCUT2D eigenvalue weighted by Gasteiger charge is 2.13. The molecule has 1 fully saturated rings. The van der Waals surface area contributed by atoms with Crippen molar-refractivity contribution in [3.63, 3.8) is 0 Å². The highest BCUT2D eigenvalue weighted by Crippen LogP contribution is 2.23. The molecule has 0 unspecified atom stereocenters. The van der Waals surface area contributed by atoms with E-state index in [9.17, 15) is 0 Å². The summed E-state index contributed by atoms with van der Waals surface area (Å²) in [5.74, 6) is 0. The highest BCUT2D eigenvalue weighted by molar-refractivity contribution is 8.22. The molecule has 1 aromatic carbocycles. The van der Waals surface area contributed by atoms with Crippen molar-refractivity contribution in [2.24, 2.45) is 0 Å². The van der Waals surface area contributed by atoms with Gasteiger partial charge in [-0.05, 0) is 31.4 Å². The van der Waals surface area contributed by atoms with Crippen molar-refractivity contribution in [1.82, 2.24) is 4.90 Å². The van der Waals surface area contributed by atoms with Gasteiger partial charge in [0.1, 0.15) is 4.32 Å². The van der Waals surface area contributed by atoms with Gasteiger partial charge in [0.25, 0.3) is 0 Å².